The van der Waals surface area contributed by atoms with Gasteiger partial charge in [0.25, 0.3) is 0 Å². The Morgan fingerprint density at radius 1 is 1.26 bits per heavy atom. The molecule has 2 N–H and O–H groups in total. The van der Waals surface area contributed by atoms with Crippen LogP contribution in [-0.4, -0.2) is 55.4 Å². The van der Waals surface area contributed by atoms with Gasteiger partial charge >= 0.3 is 5.97 Å². The minimum Gasteiger partial charge on any atom is -0.481 e. The normalized spacial score (nSPS) is 22.1. The van der Waals surface area contributed by atoms with E-state index in [1.165, 1.54) is 0 Å². The summed E-state index contributed by atoms with van der Waals surface area (Å²) in [6, 6.07) is 9.89. The number of piperidine rings is 1. The molecule has 34 heavy (non-hydrogen) atoms. The Morgan fingerprint density at radius 3 is 2.74 bits per heavy atom. The number of aliphatic hydroxyl groups excluding tert-OH is 1. The van der Waals surface area contributed by atoms with Gasteiger partial charge in [-0.25, -0.2) is 4.98 Å². The van der Waals surface area contributed by atoms with Crippen molar-refractivity contribution < 1.29 is 19.5 Å². The molecule has 3 heterocycles. The first-order chi connectivity index (χ1) is 16.5. The number of fused-ring (bicyclic) bond motifs is 1. The molecule has 0 spiro atoms. The van der Waals surface area contributed by atoms with Crippen molar-refractivity contribution in [2.24, 2.45) is 17.8 Å². The van der Waals surface area contributed by atoms with Crippen molar-refractivity contribution in [1.82, 2.24) is 19.6 Å². The Hall–Kier alpha value is -3.41. The Bertz CT molecular complexity index is 1210. The number of imidazole rings is 1. The molecule has 5 rings (SSSR count). The predicted octanol–water partition coefficient (Wildman–Crippen LogP) is 3.03. The van der Waals surface area contributed by atoms with Crippen LogP contribution in [0.3, 0.4) is 0 Å². The first-order valence-corrected chi connectivity index (χ1v) is 11.7. The van der Waals surface area contributed by atoms with Crippen LogP contribution in [0.1, 0.15) is 43.0 Å². The SMILES string of the molecule is C[C@H](O)c1nccn1Cc1cc(-c2ccc(C#CC3C4CN(CCCC(=O)O)C[C@H]34)cc2)on1. The van der Waals surface area contributed by atoms with Gasteiger partial charge in [-0.3, -0.25) is 4.79 Å². The summed E-state index contributed by atoms with van der Waals surface area (Å²) in [4.78, 5) is 17.2. The molecule has 0 amide bonds. The Balaban J connectivity index is 1.14. The molecule has 0 bridgehead atoms. The van der Waals surface area contributed by atoms with Crippen molar-refractivity contribution in [2.75, 3.05) is 19.6 Å². The van der Waals surface area contributed by atoms with Crippen LogP contribution in [0.5, 0.6) is 0 Å². The van der Waals surface area contributed by atoms with E-state index in [0.29, 0.717) is 35.9 Å². The molecule has 1 aliphatic heterocycles. The number of hydrogen-bond donors (Lipinski definition) is 2. The van der Waals surface area contributed by atoms with Crippen LogP contribution >= 0.6 is 0 Å². The lowest BCUT2D eigenvalue weighted by Crippen LogP contribution is -2.25. The van der Waals surface area contributed by atoms with Crippen molar-refractivity contribution in [3.63, 3.8) is 0 Å². The van der Waals surface area contributed by atoms with E-state index in [1.807, 2.05) is 41.1 Å². The average molecular weight is 461 g/mol. The Morgan fingerprint density at radius 2 is 2.03 bits per heavy atom. The number of aliphatic hydroxyl groups is 1. The first-order valence-electron chi connectivity index (χ1n) is 11.7. The second kappa shape index (κ2) is 9.45. The number of carbonyl (C=O) groups is 1. The number of benzene rings is 1. The zero-order chi connectivity index (χ0) is 23.7. The van der Waals surface area contributed by atoms with Crippen LogP contribution in [0.2, 0.25) is 0 Å². The van der Waals surface area contributed by atoms with Crippen molar-refractivity contribution in [1.29, 1.82) is 0 Å². The summed E-state index contributed by atoms with van der Waals surface area (Å²) in [5.41, 5.74) is 2.67. The second-order valence-electron chi connectivity index (χ2n) is 9.23. The highest BCUT2D eigenvalue weighted by molar-refractivity contribution is 5.66. The highest BCUT2D eigenvalue weighted by Gasteiger charge is 2.54. The molecule has 8 nitrogen and oxygen atoms in total. The van der Waals surface area contributed by atoms with E-state index in [1.54, 1.807) is 13.1 Å². The Kier molecular flexibility index (Phi) is 6.22. The maximum atomic E-state index is 10.7. The maximum absolute atomic E-state index is 10.7. The molecule has 1 saturated heterocycles. The summed E-state index contributed by atoms with van der Waals surface area (Å²) in [5.74, 6) is 9.04. The lowest BCUT2D eigenvalue weighted by Gasteiger charge is -2.17. The predicted molar refractivity (Wildman–Crippen MR) is 125 cm³/mol. The van der Waals surface area contributed by atoms with Gasteiger partial charge in [0, 0.05) is 55.0 Å². The topological polar surface area (TPSA) is 105 Å². The third-order valence-corrected chi connectivity index (χ3v) is 6.70. The fraction of sp³-hybridized carbons (Fsp3) is 0.423. The minimum atomic E-state index is -0.719. The van der Waals surface area contributed by atoms with E-state index in [2.05, 4.69) is 26.9 Å². The molecule has 176 valence electrons. The average Bonchev–Trinajstić information content (AvgIpc) is 3.30. The second-order valence-corrected chi connectivity index (χ2v) is 9.23. The molecule has 2 aromatic heterocycles. The summed E-state index contributed by atoms with van der Waals surface area (Å²) < 4.78 is 7.38. The van der Waals surface area contributed by atoms with Crippen LogP contribution in [0.15, 0.2) is 47.2 Å². The number of aromatic nitrogens is 3. The van der Waals surface area contributed by atoms with Crippen LogP contribution in [0, 0.1) is 29.6 Å². The van der Waals surface area contributed by atoms with Crippen molar-refractivity contribution >= 4 is 5.97 Å². The van der Waals surface area contributed by atoms with Gasteiger partial charge in [0.2, 0.25) is 0 Å². The highest BCUT2D eigenvalue weighted by atomic mass is 16.5. The zero-order valence-electron chi connectivity index (χ0n) is 19.1. The van der Waals surface area contributed by atoms with Gasteiger partial charge in [-0.05, 0) is 56.0 Å². The van der Waals surface area contributed by atoms with Gasteiger partial charge in [0.1, 0.15) is 17.6 Å². The molecule has 2 unspecified atom stereocenters. The molecule has 1 aromatic carbocycles. The van der Waals surface area contributed by atoms with E-state index in [0.717, 1.165) is 42.9 Å². The number of likely N-dealkylation sites (tertiary alicyclic amines) is 1. The van der Waals surface area contributed by atoms with E-state index in [9.17, 15) is 9.90 Å². The van der Waals surface area contributed by atoms with Crippen LogP contribution in [-0.2, 0) is 11.3 Å². The van der Waals surface area contributed by atoms with Gasteiger partial charge in [-0.15, -0.1) is 0 Å². The molecule has 0 radical (unpaired) electrons. The zero-order valence-corrected chi connectivity index (χ0v) is 19.1. The minimum absolute atomic E-state index is 0.245. The van der Waals surface area contributed by atoms with E-state index >= 15 is 0 Å². The van der Waals surface area contributed by atoms with Crippen LogP contribution < -0.4 is 0 Å². The first kappa shape index (κ1) is 22.4. The summed E-state index contributed by atoms with van der Waals surface area (Å²) in [6.45, 7) is 5.11. The number of nitrogens with zero attached hydrogens (tertiary/aromatic N) is 4. The van der Waals surface area contributed by atoms with Gasteiger partial charge in [-0.2, -0.15) is 0 Å². The van der Waals surface area contributed by atoms with Gasteiger partial charge in [0.05, 0.1) is 6.54 Å². The summed E-state index contributed by atoms with van der Waals surface area (Å²) in [5, 5.41) is 22.7. The number of hydrogen-bond acceptors (Lipinski definition) is 6. The number of carboxylic acid groups (broad SMARTS) is 1. The lowest BCUT2D eigenvalue weighted by molar-refractivity contribution is -0.137. The smallest absolute Gasteiger partial charge is 0.303 e. The number of aliphatic carboxylic acids is 1. The fourth-order valence-electron chi connectivity index (χ4n) is 4.87. The van der Waals surface area contributed by atoms with Crippen molar-refractivity contribution in [3.05, 3.63) is 59.8 Å². The molecule has 3 aromatic rings. The van der Waals surface area contributed by atoms with Crippen LogP contribution in [0.25, 0.3) is 11.3 Å². The largest absolute Gasteiger partial charge is 0.481 e. The molecule has 2 fully saturated rings. The van der Waals surface area contributed by atoms with Crippen molar-refractivity contribution in [3.8, 4) is 23.2 Å². The van der Waals surface area contributed by atoms with E-state index in [4.69, 9.17) is 9.63 Å². The third-order valence-electron chi connectivity index (χ3n) is 6.70. The molecule has 2 aliphatic rings. The summed E-state index contributed by atoms with van der Waals surface area (Å²) >= 11 is 0. The van der Waals surface area contributed by atoms with E-state index in [-0.39, 0.29) is 6.42 Å². The van der Waals surface area contributed by atoms with Gasteiger partial charge in [-0.1, -0.05) is 17.0 Å². The van der Waals surface area contributed by atoms with E-state index < -0.39 is 12.1 Å². The van der Waals surface area contributed by atoms with Gasteiger partial charge in [0.15, 0.2) is 5.76 Å². The Labute approximate surface area is 198 Å². The summed E-state index contributed by atoms with van der Waals surface area (Å²) in [7, 11) is 0. The number of carboxylic acids is 1. The van der Waals surface area contributed by atoms with Crippen LogP contribution in [0.4, 0.5) is 0 Å². The third kappa shape index (κ3) is 4.91. The quantitative estimate of drug-likeness (QED) is 0.498. The lowest BCUT2D eigenvalue weighted by atomic mass is 10.1. The highest BCUT2D eigenvalue weighted by Crippen LogP contribution is 2.51. The maximum Gasteiger partial charge on any atom is 0.303 e. The van der Waals surface area contributed by atoms with Gasteiger partial charge < -0.3 is 24.2 Å². The summed E-state index contributed by atoms with van der Waals surface area (Å²) in [6.07, 6.45) is 3.80. The molecule has 1 saturated carbocycles. The molecule has 4 atom stereocenters. The fourth-order valence-corrected chi connectivity index (χ4v) is 4.87. The monoisotopic (exact) mass is 460 g/mol. The number of rotatable bonds is 8. The van der Waals surface area contributed by atoms with Crippen molar-refractivity contribution in [2.45, 2.75) is 32.4 Å². The standard InChI is InChI=1S/C26H28N4O4/c1-17(31)26-27-10-12-30(26)14-20-13-24(34-28-20)19-7-4-18(5-8-19)6-9-21-22-15-29(16-23(21)22)11-2-3-25(32)33/h4-5,7-8,10,12-13,17,21-23,31H,2-3,11,14-16H2,1H3,(H,32,33)/t17-,21?,22+,23?/m0/s1. The molecule has 8 heteroatoms. The molecule has 1 aliphatic carbocycles. The molecular formula is C26H28N4O4. The molecular weight excluding hydrogens is 432 g/mol.